The number of aromatic nitrogens is 3. The number of carbonyl (C=O) groups excluding carboxylic acids is 3. The first kappa shape index (κ1) is 28.5. The maximum atomic E-state index is 13.5. The number of amides is 3. The molecule has 0 bridgehead atoms. The molecule has 6 rings (SSSR count). The smallest absolute Gasteiger partial charge is 0.255 e. The highest BCUT2D eigenvalue weighted by atomic mass is 32.2. The van der Waals surface area contributed by atoms with Gasteiger partial charge in [-0.15, -0.1) is 0 Å². The van der Waals surface area contributed by atoms with Crippen molar-refractivity contribution in [2.45, 2.75) is 12.5 Å². The monoisotopic (exact) mass is 595 g/mol. The number of anilines is 1. The lowest BCUT2D eigenvalue weighted by Crippen LogP contribution is -2.38. The second kappa shape index (κ2) is 12.3. The molecule has 2 aliphatic heterocycles. The quantitative estimate of drug-likeness (QED) is 0.349. The zero-order valence-electron chi connectivity index (χ0n) is 23.9. The van der Waals surface area contributed by atoms with E-state index in [1.165, 1.54) is 0 Å². The van der Waals surface area contributed by atoms with E-state index in [2.05, 4.69) is 15.4 Å². The summed E-state index contributed by atoms with van der Waals surface area (Å²) in [4.78, 5) is 47.5. The molecule has 2 fully saturated rings. The fraction of sp³-hybridized carbons (Fsp3) is 0.281. The van der Waals surface area contributed by atoms with E-state index in [4.69, 9.17) is 5.73 Å². The molecule has 0 saturated carbocycles. The normalized spacial score (nSPS) is 16.7. The second-order valence-electron chi connectivity index (χ2n) is 10.8. The lowest BCUT2D eigenvalue weighted by Gasteiger charge is -2.26. The minimum atomic E-state index is -0.324. The summed E-state index contributed by atoms with van der Waals surface area (Å²) in [5.74, 6) is 1.68. The van der Waals surface area contributed by atoms with Gasteiger partial charge in [-0.3, -0.25) is 19.1 Å². The van der Waals surface area contributed by atoms with Gasteiger partial charge in [0.1, 0.15) is 5.82 Å². The fourth-order valence-corrected chi connectivity index (χ4v) is 6.41. The summed E-state index contributed by atoms with van der Waals surface area (Å²) in [6.45, 7) is 2.44. The molecule has 4 heterocycles. The van der Waals surface area contributed by atoms with Crippen molar-refractivity contribution in [1.82, 2.24) is 29.9 Å². The molecular weight excluding hydrogens is 562 g/mol. The van der Waals surface area contributed by atoms with Crippen LogP contribution in [0.1, 0.15) is 37.5 Å². The number of aryl methyl sites for hydroxylation is 1. The van der Waals surface area contributed by atoms with E-state index in [-0.39, 0.29) is 29.6 Å². The van der Waals surface area contributed by atoms with Crippen molar-refractivity contribution in [3.05, 3.63) is 89.9 Å². The zero-order valence-corrected chi connectivity index (χ0v) is 24.7. The lowest BCUT2D eigenvalue weighted by atomic mass is 10.00. The number of nitrogen functional groups attached to an aromatic ring is 1. The molecule has 0 aliphatic carbocycles. The summed E-state index contributed by atoms with van der Waals surface area (Å²) >= 11 is 1.87. The van der Waals surface area contributed by atoms with Gasteiger partial charge in [0.15, 0.2) is 0 Å². The number of thioether (sulfide) groups is 1. The van der Waals surface area contributed by atoms with Gasteiger partial charge in [0.2, 0.25) is 0 Å². The number of likely N-dealkylation sites (tertiary alicyclic amines) is 1. The summed E-state index contributed by atoms with van der Waals surface area (Å²) in [5, 5.41) is 7.20. The Morgan fingerprint density at radius 1 is 0.860 bits per heavy atom. The van der Waals surface area contributed by atoms with E-state index in [0.717, 1.165) is 46.8 Å². The van der Waals surface area contributed by atoms with Gasteiger partial charge in [0, 0.05) is 85.4 Å². The fourth-order valence-electron chi connectivity index (χ4n) is 5.51. The van der Waals surface area contributed by atoms with Gasteiger partial charge >= 0.3 is 0 Å². The van der Waals surface area contributed by atoms with Crippen LogP contribution in [-0.4, -0.2) is 86.0 Å². The summed E-state index contributed by atoms with van der Waals surface area (Å²) in [6.07, 6.45) is 5.80. The summed E-state index contributed by atoms with van der Waals surface area (Å²) in [5.41, 5.74) is 10.9. The second-order valence-corrected chi connectivity index (χ2v) is 12.1. The molecule has 3 amide bonds. The Bertz CT molecular complexity index is 1680. The SMILES string of the molecule is Cn1cc(-c2cnc(N)c(C(=O)N[C@@H]3CCN(C(=O)c4cccc(-c5cccc(C(=O)N6CCSCC6)c5)c4)C3)c2)cn1. The van der Waals surface area contributed by atoms with Crippen LogP contribution >= 0.6 is 11.8 Å². The van der Waals surface area contributed by atoms with Crippen LogP contribution in [0.4, 0.5) is 5.82 Å². The van der Waals surface area contributed by atoms with E-state index in [9.17, 15) is 14.4 Å². The van der Waals surface area contributed by atoms with Gasteiger partial charge in [0.05, 0.1) is 11.8 Å². The van der Waals surface area contributed by atoms with Crippen LogP contribution in [0.2, 0.25) is 0 Å². The highest BCUT2D eigenvalue weighted by Gasteiger charge is 2.29. The van der Waals surface area contributed by atoms with Crippen LogP contribution in [0, 0.1) is 0 Å². The van der Waals surface area contributed by atoms with E-state index in [1.54, 1.807) is 34.1 Å². The van der Waals surface area contributed by atoms with Crippen molar-refractivity contribution in [2.24, 2.45) is 7.05 Å². The topological polar surface area (TPSA) is 126 Å². The third-order valence-electron chi connectivity index (χ3n) is 7.86. The van der Waals surface area contributed by atoms with Crippen LogP contribution in [0.25, 0.3) is 22.3 Å². The van der Waals surface area contributed by atoms with Crippen molar-refractivity contribution in [1.29, 1.82) is 0 Å². The number of nitrogens with zero attached hydrogens (tertiary/aromatic N) is 5. The molecular formula is C32H33N7O3S. The van der Waals surface area contributed by atoms with E-state index >= 15 is 0 Å². The lowest BCUT2D eigenvalue weighted by molar-refractivity contribution is 0.0769. The standard InChI is InChI=1S/C32H33N7O3S/c1-37-19-26(18-35-37)25-16-28(29(33)34-17-25)30(40)36-27-8-9-39(20-27)32(42)24-7-3-5-22(15-24)21-4-2-6-23(14-21)31(41)38-10-12-43-13-11-38/h2-7,14-19,27H,8-13,20H2,1H3,(H2,33,34)(H,36,40)/t27-/m1/s1. The Labute approximate surface area is 254 Å². The minimum absolute atomic E-state index is 0.0425. The number of pyridine rings is 1. The van der Waals surface area contributed by atoms with Gasteiger partial charge in [0.25, 0.3) is 17.7 Å². The molecule has 0 spiro atoms. The summed E-state index contributed by atoms with van der Waals surface area (Å²) in [6, 6.07) is 16.6. The van der Waals surface area contributed by atoms with Gasteiger partial charge in [-0.2, -0.15) is 16.9 Å². The molecule has 4 aromatic rings. The van der Waals surface area contributed by atoms with Crippen LogP contribution < -0.4 is 11.1 Å². The molecule has 2 aliphatic rings. The van der Waals surface area contributed by atoms with Crippen molar-refractivity contribution in [2.75, 3.05) is 43.4 Å². The first-order valence-electron chi connectivity index (χ1n) is 14.3. The predicted octanol–water partition coefficient (Wildman–Crippen LogP) is 3.56. The molecule has 220 valence electrons. The van der Waals surface area contributed by atoms with Crippen molar-refractivity contribution in [3.63, 3.8) is 0 Å². The summed E-state index contributed by atoms with van der Waals surface area (Å²) in [7, 11) is 1.82. The van der Waals surface area contributed by atoms with Crippen LogP contribution in [0.5, 0.6) is 0 Å². The highest BCUT2D eigenvalue weighted by Crippen LogP contribution is 2.25. The molecule has 2 aromatic heterocycles. The number of benzene rings is 2. The van der Waals surface area contributed by atoms with Crippen LogP contribution in [0.15, 0.2) is 73.2 Å². The predicted molar refractivity (Wildman–Crippen MR) is 168 cm³/mol. The Kier molecular flexibility index (Phi) is 8.15. The molecule has 3 N–H and O–H groups in total. The molecule has 43 heavy (non-hydrogen) atoms. The van der Waals surface area contributed by atoms with Crippen LogP contribution in [-0.2, 0) is 7.05 Å². The molecule has 11 heteroatoms. The zero-order chi connectivity index (χ0) is 29.9. The molecule has 0 unspecified atom stereocenters. The number of nitrogens with two attached hydrogens (primary N) is 1. The molecule has 2 aromatic carbocycles. The third-order valence-corrected chi connectivity index (χ3v) is 8.81. The van der Waals surface area contributed by atoms with Crippen molar-refractivity contribution in [3.8, 4) is 22.3 Å². The Morgan fingerprint density at radius 2 is 1.53 bits per heavy atom. The summed E-state index contributed by atoms with van der Waals surface area (Å²) < 4.78 is 1.68. The maximum absolute atomic E-state index is 13.5. The van der Waals surface area contributed by atoms with Gasteiger partial charge in [-0.1, -0.05) is 24.3 Å². The number of carbonyl (C=O) groups is 3. The average Bonchev–Trinajstić information content (AvgIpc) is 3.70. The number of hydrogen-bond acceptors (Lipinski definition) is 7. The van der Waals surface area contributed by atoms with Gasteiger partial charge in [-0.25, -0.2) is 4.98 Å². The number of hydrogen-bond donors (Lipinski definition) is 2. The van der Waals surface area contributed by atoms with Gasteiger partial charge < -0.3 is 20.9 Å². The first-order chi connectivity index (χ1) is 20.9. The average molecular weight is 596 g/mol. The minimum Gasteiger partial charge on any atom is -0.383 e. The molecule has 0 radical (unpaired) electrons. The number of nitrogens with one attached hydrogen (secondary N) is 1. The Morgan fingerprint density at radius 3 is 2.19 bits per heavy atom. The third kappa shape index (κ3) is 6.26. The number of rotatable bonds is 6. The van der Waals surface area contributed by atoms with E-state index < -0.39 is 0 Å². The van der Waals surface area contributed by atoms with Gasteiger partial charge in [-0.05, 0) is 47.9 Å². The highest BCUT2D eigenvalue weighted by molar-refractivity contribution is 7.99. The van der Waals surface area contributed by atoms with Crippen LogP contribution in [0.3, 0.4) is 0 Å². The maximum Gasteiger partial charge on any atom is 0.255 e. The van der Waals surface area contributed by atoms with E-state index in [0.29, 0.717) is 36.2 Å². The Hall–Kier alpha value is -4.64. The first-order valence-corrected chi connectivity index (χ1v) is 15.4. The molecule has 2 saturated heterocycles. The van der Waals surface area contributed by atoms with E-state index in [1.807, 2.05) is 72.4 Å². The molecule has 10 nitrogen and oxygen atoms in total. The van der Waals surface area contributed by atoms with Crippen molar-refractivity contribution >= 4 is 35.3 Å². The van der Waals surface area contributed by atoms with Crippen molar-refractivity contribution < 1.29 is 14.4 Å². The molecule has 1 atom stereocenters. The Balaban J connectivity index is 1.11. The largest absolute Gasteiger partial charge is 0.383 e.